The Hall–Kier alpha value is -1.36. The van der Waals surface area contributed by atoms with E-state index >= 15 is 0 Å². The second-order valence-electron chi connectivity index (χ2n) is 6.86. The van der Waals surface area contributed by atoms with E-state index in [0.29, 0.717) is 29.4 Å². The van der Waals surface area contributed by atoms with Crippen molar-refractivity contribution in [2.24, 2.45) is 11.3 Å². The van der Waals surface area contributed by atoms with Gasteiger partial charge in [-0.3, -0.25) is 4.98 Å². The highest BCUT2D eigenvalue weighted by molar-refractivity contribution is 5.39. The van der Waals surface area contributed by atoms with E-state index in [9.17, 15) is 0 Å². The quantitative estimate of drug-likeness (QED) is 0.923. The summed E-state index contributed by atoms with van der Waals surface area (Å²) in [6.45, 7) is 4.91. The lowest BCUT2D eigenvalue weighted by molar-refractivity contribution is -0.158. The van der Waals surface area contributed by atoms with Crippen LogP contribution in [0.1, 0.15) is 39.5 Å². The Balaban J connectivity index is 1.50. The number of anilines is 1. The molecule has 1 aromatic rings. The maximum absolute atomic E-state index is 5.95. The molecule has 0 radical (unpaired) electrons. The second kappa shape index (κ2) is 4.83. The van der Waals surface area contributed by atoms with Gasteiger partial charge in [0.25, 0.3) is 0 Å². The van der Waals surface area contributed by atoms with Crippen LogP contribution in [0.3, 0.4) is 0 Å². The number of fused-ring (bicyclic) bond motifs is 2. The molecular weight excluding hydrogens is 266 g/mol. The van der Waals surface area contributed by atoms with Crippen molar-refractivity contribution < 1.29 is 9.47 Å². The highest BCUT2D eigenvalue weighted by atomic mass is 16.5. The summed E-state index contributed by atoms with van der Waals surface area (Å²) in [4.78, 5) is 8.78. The molecule has 1 aromatic heterocycles. The van der Waals surface area contributed by atoms with Gasteiger partial charge in [0, 0.05) is 24.0 Å². The van der Waals surface area contributed by atoms with Crippen LogP contribution in [-0.2, 0) is 4.74 Å². The summed E-state index contributed by atoms with van der Waals surface area (Å²) < 4.78 is 11.6. The molecule has 21 heavy (non-hydrogen) atoms. The summed E-state index contributed by atoms with van der Waals surface area (Å²) in [5.41, 5.74) is 0.359. The van der Waals surface area contributed by atoms with E-state index in [0.717, 1.165) is 12.4 Å². The monoisotopic (exact) mass is 289 g/mol. The van der Waals surface area contributed by atoms with E-state index in [1.807, 2.05) is 13.8 Å². The van der Waals surface area contributed by atoms with E-state index < -0.39 is 0 Å². The van der Waals surface area contributed by atoms with Crippen LogP contribution < -0.4 is 10.1 Å². The van der Waals surface area contributed by atoms with Gasteiger partial charge in [0.2, 0.25) is 5.88 Å². The lowest BCUT2D eigenvalue weighted by atomic mass is 9.46. The highest BCUT2D eigenvalue weighted by Crippen LogP contribution is 2.63. The lowest BCUT2D eigenvalue weighted by Crippen LogP contribution is -2.68. The Morgan fingerprint density at radius 2 is 2.24 bits per heavy atom. The van der Waals surface area contributed by atoms with Gasteiger partial charge in [0.15, 0.2) is 0 Å². The van der Waals surface area contributed by atoms with Crippen molar-refractivity contribution in [3.63, 3.8) is 0 Å². The van der Waals surface area contributed by atoms with Gasteiger partial charge in [0.1, 0.15) is 5.82 Å². The molecule has 114 valence electrons. The van der Waals surface area contributed by atoms with Crippen LogP contribution in [-0.4, -0.2) is 34.8 Å². The first-order chi connectivity index (χ1) is 10.2. The third-order valence-corrected chi connectivity index (χ3v) is 5.31. The predicted octanol–water partition coefficient (Wildman–Crippen LogP) is 2.63. The molecule has 1 saturated heterocycles. The number of rotatable bonds is 4. The topological polar surface area (TPSA) is 56.3 Å². The number of hydrogen-bond acceptors (Lipinski definition) is 5. The molecule has 3 atom stereocenters. The normalized spacial score (nSPS) is 32.4. The molecule has 2 heterocycles. The maximum Gasteiger partial charge on any atom is 0.234 e. The van der Waals surface area contributed by atoms with Crippen molar-refractivity contribution in [2.75, 3.05) is 11.9 Å². The fraction of sp³-hybridized carbons (Fsp3) is 0.750. The minimum absolute atomic E-state index is 0.115. The molecule has 2 aliphatic carbocycles. The minimum atomic E-state index is 0.115. The van der Waals surface area contributed by atoms with Gasteiger partial charge in [-0.1, -0.05) is 6.42 Å². The van der Waals surface area contributed by atoms with E-state index in [-0.39, 0.29) is 6.10 Å². The van der Waals surface area contributed by atoms with Crippen LogP contribution in [0.2, 0.25) is 0 Å². The fourth-order valence-electron chi connectivity index (χ4n) is 4.33. The highest BCUT2D eigenvalue weighted by Gasteiger charge is 2.66. The van der Waals surface area contributed by atoms with E-state index in [2.05, 4.69) is 15.3 Å². The van der Waals surface area contributed by atoms with Gasteiger partial charge in [-0.05, 0) is 33.1 Å². The van der Waals surface area contributed by atoms with Crippen LogP contribution >= 0.6 is 0 Å². The molecule has 2 saturated carbocycles. The first-order valence-electron chi connectivity index (χ1n) is 8.06. The Bertz CT molecular complexity index is 530. The standard InChI is InChI=1S/C16H23N3O2/c1-10(2)21-13-9-17-8-12(18-13)19-14-11-4-7-20-15(11)16(14)5-3-6-16/h8-11,14-15H,3-7H2,1-2H3,(H,18,19). The third kappa shape index (κ3) is 2.01. The van der Waals surface area contributed by atoms with Gasteiger partial charge in [-0.2, -0.15) is 4.98 Å². The van der Waals surface area contributed by atoms with Crippen LogP contribution in [0, 0.1) is 11.3 Å². The van der Waals surface area contributed by atoms with Crippen molar-refractivity contribution in [3.8, 4) is 5.88 Å². The van der Waals surface area contributed by atoms with E-state index in [1.54, 1.807) is 12.4 Å². The average Bonchev–Trinajstić information content (AvgIpc) is 2.79. The Morgan fingerprint density at radius 3 is 2.95 bits per heavy atom. The molecule has 3 fully saturated rings. The van der Waals surface area contributed by atoms with Crippen molar-refractivity contribution in [2.45, 2.75) is 57.8 Å². The van der Waals surface area contributed by atoms with Crippen molar-refractivity contribution in [1.29, 1.82) is 0 Å². The molecule has 0 amide bonds. The minimum Gasteiger partial charge on any atom is -0.474 e. The van der Waals surface area contributed by atoms with Crippen molar-refractivity contribution in [1.82, 2.24) is 9.97 Å². The van der Waals surface area contributed by atoms with Gasteiger partial charge < -0.3 is 14.8 Å². The summed E-state index contributed by atoms with van der Waals surface area (Å²) in [5, 5.41) is 3.62. The fourth-order valence-corrected chi connectivity index (χ4v) is 4.33. The van der Waals surface area contributed by atoms with Gasteiger partial charge >= 0.3 is 0 Å². The zero-order valence-corrected chi connectivity index (χ0v) is 12.7. The molecule has 5 heteroatoms. The molecular formula is C16H23N3O2. The van der Waals surface area contributed by atoms with Crippen LogP contribution in [0.4, 0.5) is 5.82 Å². The number of nitrogens with one attached hydrogen (secondary N) is 1. The predicted molar refractivity (Wildman–Crippen MR) is 79.3 cm³/mol. The summed E-state index contributed by atoms with van der Waals surface area (Å²) in [5.74, 6) is 2.06. The van der Waals surface area contributed by atoms with Gasteiger partial charge in [-0.15, -0.1) is 0 Å². The lowest BCUT2D eigenvalue weighted by Gasteiger charge is -2.63. The zero-order chi connectivity index (χ0) is 14.4. The van der Waals surface area contributed by atoms with Gasteiger partial charge in [-0.25, -0.2) is 0 Å². The molecule has 4 rings (SSSR count). The summed E-state index contributed by atoms with van der Waals surface area (Å²) >= 11 is 0. The van der Waals surface area contributed by atoms with Crippen molar-refractivity contribution in [3.05, 3.63) is 12.4 Å². The summed E-state index contributed by atoms with van der Waals surface area (Å²) in [6.07, 6.45) is 9.11. The van der Waals surface area contributed by atoms with E-state index in [4.69, 9.17) is 9.47 Å². The molecule has 3 unspecified atom stereocenters. The first-order valence-corrected chi connectivity index (χ1v) is 8.06. The first kappa shape index (κ1) is 13.3. The summed E-state index contributed by atoms with van der Waals surface area (Å²) in [6, 6.07) is 0.488. The molecule has 0 aromatic carbocycles. The number of nitrogens with zero attached hydrogens (tertiary/aromatic N) is 2. The Kier molecular flexibility index (Phi) is 3.06. The van der Waals surface area contributed by atoms with E-state index in [1.165, 1.54) is 25.7 Å². The molecule has 0 bridgehead atoms. The average molecular weight is 289 g/mol. The smallest absolute Gasteiger partial charge is 0.234 e. The maximum atomic E-state index is 5.95. The molecule has 1 aliphatic heterocycles. The Morgan fingerprint density at radius 1 is 1.38 bits per heavy atom. The third-order valence-electron chi connectivity index (χ3n) is 5.31. The van der Waals surface area contributed by atoms with Gasteiger partial charge in [0.05, 0.1) is 24.6 Å². The summed E-state index contributed by atoms with van der Waals surface area (Å²) in [7, 11) is 0. The van der Waals surface area contributed by atoms with Crippen LogP contribution in [0.25, 0.3) is 0 Å². The van der Waals surface area contributed by atoms with Crippen LogP contribution in [0.5, 0.6) is 5.88 Å². The molecule has 3 aliphatic rings. The number of hydrogen-bond donors (Lipinski definition) is 1. The number of aromatic nitrogens is 2. The number of ether oxygens (including phenoxy) is 2. The second-order valence-corrected chi connectivity index (χ2v) is 6.86. The van der Waals surface area contributed by atoms with Crippen LogP contribution in [0.15, 0.2) is 12.4 Å². The van der Waals surface area contributed by atoms with Crippen molar-refractivity contribution >= 4 is 5.82 Å². The zero-order valence-electron chi connectivity index (χ0n) is 12.7. The molecule has 1 N–H and O–H groups in total. The molecule has 5 nitrogen and oxygen atoms in total. The largest absolute Gasteiger partial charge is 0.474 e. The SMILES string of the molecule is CC(C)Oc1cncc(NC2C3CCOC3C23CCC3)n1. The molecule has 1 spiro atoms. The Labute approximate surface area is 125 Å².